The van der Waals surface area contributed by atoms with Gasteiger partial charge >= 0.3 is 0 Å². The molecule has 6 nitrogen and oxygen atoms in total. The first-order valence-electron chi connectivity index (χ1n) is 9.70. The minimum Gasteiger partial charge on any atom is -0.496 e. The molecular formula is C22H26N4O2. The maximum Gasteiger partial charge on any atom is 0.228 e. The van der Waals surface area contributed by atoms with Gasteiger partial charge in [0.1, 0.15) is 11.4 Å². The predicted octanol–water partition coefficient (Wildman–Crippen LogP) is 2.54. The molecule has 0 N–H and O–H groups in total. The van der Waals surface area contributed by atoms with Crippen molar-refractivity contribution in [2.75, 3.05) is 33.3 Å². The summed E-state index contributed by atoms with van der Waals surface area (Å²) in [6, 6.07) is 14.0. The molecule has 0 radical (unpaired) electrons. The smallest absolute Gasteiger partial charge is 0.228 e. The zero-order chi connectivity index (χ0) is 19.5. The molecule has 6 heteroatoms. The van der Waals surface area contributed by atoms with Gasteiger partial charge in [-0.3, -0.25) is 9.69 Å². The van der Waals surface area contributed by atoms with Gasteiger partial charge in [-0.15, -0.1) is 0 Å². The van der Waals surface area contributed by atoms with E-state index < -0.39 is 0 Å². The maximum absolute atomic E-state index is 12.9. The summed E-state index contributed by atoms with van der Waals surface area (Å²) >= 11 is 0. The van der Waals surface area contributed by atoms with Crippen LogP contribution in [0.3, 0.4) is 0 Å². The van der Waals surface area contributed by atoms with E-state index in [2.05, 4.69) is 16.0 Å². The van der Waals surface area contributed by atoms with E-state index in [0.717, 1.165) is 55.5 Å². The number of carbonyl (C=O) groups excluding carboxylic acids is 1. The molecule has 0 unspecified atom stereocenters. The molecule has 3 heterocycles. The predicted molar refractivity (Wildman–Crippen MR) is 108 cm³/mol. The molecule has 0 saturated carbocycles. The van der Waals surface area contributed by atoms with Crippen LogP contribution >= 0.6 is 0 Å². The summed E-state index contributed by atoms with van der Waals surface area (Å²) in [5.74, 6) is 1.09. The number of pyridine rings is 1. The number of ether oxygens (including phenoxy) is 1. The summed E-state index contributed by atoms with van der Waals surface area (Å²) in [6.07, 6.45) is 2.37. The lowest BCUT2D eigenvalue weighted by atomic mass is 10.1. The van der Waals surface area contributed by atoms with Crippen molar-refractivity contribution in [3.05, 3.63) is 65.6 Å². The van der Waals surface area contributed by atoms with Gasteiger partial charge in [0.25, 0.3) is 0 Å². The van der Waals surface area contributed by atoms with E-state index >= 15 is 0 Å². The first kappa shape index (κ1) is 18.5. The van der Waals surface area contributed by atoms with Gasteiger partial charge in [0.2, 0.25) is 5.91 Å². The molecule has 1 amide bonds. The van der Waals surface area contributed by atoms with Crippen molar-refractivity contribution >= 4 is 11.6 Å². The lowest BCUT2D eigenvalue weighted by Gasteiger charge is -2.35. The summed E-state index contributed by atoms with van der Waals surface area (Å²) in [5, 5.41) is 0. The first-order chi connectivity index (χ1) is 13.7. The highest BCUT2D eigenvalue weighted by Gasteiger charge is 2.23. The average molecular weight is 378 g/mol. The number of carbonyl (C=O) groups is 1. The average Bonchev–Trinajstić information content (AvgIpc) is 3.04. The molecular weight excluding hydrogens is 352 g/mol. The third-order valence-corrected chi connectivity index (χ3v) is 5.46. The van der Waals surface area contributed by atoms with Gasteiger partial charge in [-0.2, -0.15) is 0 Å². The number of piperazine rings is 1. The summed E-state index contributed by atoms with van der Waals surface area (Å²) in [5.41, 5.74) is 3.99. The fraction of sp³-hybridized carbons (Fsp3) is 0.364. The number of aromatic nitrogens is 2. The second-order valence-electron chi connectivity index (χ2n) is 7.22. The second-order valence-corrected chi connectivity index (χ2v) is 7.22. The van der Waals surface area contributed by atoms with Gasteiger partial charge in [-0.25, -0.2) is 4.98 Å². The van der Waals surface area contributed by atoms with Crippen LogP contribution in [0.4, 0.5) is 0 Å². The monoisotopic (exact) mass is 378 g/mol. The fourth-order valence-corrected chi connectivity index (χ4v) is 3.86. The minimum atomic E-state index is 0.172. The molecule has 1 aliphatic rings. The van der Waals surface area contributed by atoms with Crippen LogP contribution in [0.15, 0.2) is 48.7 Å². The molecule has 2 aromatic heterocycles. The standard InChI is InChI=1S/C22H26N4O2/c1-17-19(26-10-6-5-9-21(26)23-17)15-22(27)25-13-11-24(12-14-25)16-18-7-3-4-8-20(18)28-2/h3-10H,11-16H2,1-2H3. The number of hydrogen-bond acceptors (Lipinski definition) is 4. The van der Waals surface area contributed by atoms with Crippen molar-refractivity contribution in [1.82, 2.24) is 19.2 Å². The van der Waals surface area contributed by atoms with Crippen LogP contribution < -0.4 is 4.74 Å². The Morgan fingerprint density at radius 3 is 2.61 bits per heavy atom. The van der Waals surface area contributed by atoms with E-state index in [0.29, 0.717) is 6.42 Å². The zero-order valence-corrected chi connectivity index (χ0v) is 16.5. The SMILES string of the molecule is COc1ccccc1CN1CCN(C(=O)Cc2c(C)nc3ccccn23)CC1. The van der Waals surface area contributed by atoms with Gasteiger partial charge in [0, 0.05) is 44.5 Å². The van der Waals surface area contributed by atoms with Crippen LogP contribution in [0, 0.1) is 6.92 Å². The second kappa shape index (κ2) is 8.02. The molecule has 0 bridgehead atoms. The van der Waals surface area contributed by atoms with Crippen molar-refractivity contribution in [3.63, 3.8) is 0 Å². The maximum atomic E-state index is 12.9. The topological polar surface area (TPSA) is 50.1 Å². The zero-order valence-electron chi connectivity index (χ0n) is 16.5. The molecule has 0 aliphatic carbocycles. The van der Waals surface area contributed by atoms with E-state index in [1.54, 1.807) is 7.11 Å². The van der Waals surface area contributed by atoms with E-state index in [9.17, 15) is 4.79 Å². The number of methoxy groups -OCH3 is 1. The lowest BCUT2D eigenvalue weighted by Crippen LogP contribution is -2.48. The number of aryl methyl sites for hydroxylation is 1. The Kier molecular flexibility index (Phi) is 5.30. The lowest BCUT2D eigenvalue weighted by molar-refractivity contribution is -0.132. The number of hydrogen-bond donors (Lipinski definition) is 0. The normalized spacial score (nSPS) is 15.1. The Hall–Kier alpha value is -2.86. The number of para-hydroxylation sites is 1. The van der Waals surface area contributed by atoms with Crippen molar-refractivity contribution in [2.45, 2.75) is 19.9 Å². The van der Waals surface area contributed by atoms with Gasteiger partial charge in [0.15, 0.2) is 0 Å². The highest BCUT2D eigenvalue weighted by molar-refractivity contribution is 5.79. The highest BCUT2D eigenvalue weighted by Crippen LogP contribution is 2.20. The van der Waals surface area contributed by atoms with Crippen LogP contribution in [-0.2, 0) is 17.8 Å². The third kappa shape index (κ3) is 3.73. The van der Waals surface area contributed by atoms with Crippen molar-refractivity contribution in [3.8, 4) is 5.75 Å². The number of nitrogens with zero attached hydrogens (tertiary/aromatic N) is 4. The number of benzene rings is 1. The molecule has 0 atom stereocenters. The molecule has 3 aromatic rings. The van der Waals surface area contributed by atoms with Gasteiger partial charge < -0.3 is 14.0 Å². The minimum absolute atomic E-state index is 0.172. The number of amides is 1. The van der Waals surface area contributed by atoms with Crippen LogP contribution in [-0.4, -0.2) is 58.4 Å². The molecule has 146 valence electrons. The van der Waals surface area contributed by atoms with Crippen LogP contribution in [0.2, 0.25) is 0 Å². The first-order valence-corrected chi connectivity index (χ1v) is 9.70. The largest absolute Gasteiger partial charge is 0.496 e. The van der Waals surface area contributed by atoms with E-state index in [1.165, 1.54) is 5.56 Å². The van der Waals surface area contributed by atoms with E-state index in [1.807, 2.05) is 58.8 Å². The third-order valence-electron chi connectivity index (χ3n) is 5.46. The Morgan fingerprint density at radius 2 is 1.82 bits per heavy atom. The molecule has 4 rings (SSSR count). The quantitative estimate of drug-likeness (QED) is 0.685. The number of imidazole rings is 1. The van der Waals surface area contributed by atoms with Crippen molar-refractivity contribution in [2.24, 2.45) is 0 Å². The Balaban J connectivity index is 1.37. The van der Waals surface area contributed by atoms with Crippen LogP contribution in [0.5, 0.6) is 5.75 Å². The molecule has 1 fully saturated rings. The van der Waals surface area contributed by atoms with Crippen molar-refractivity contribution < 1.29 is 9.53 Å². The summed E-state index contributed by atoms with van der Waals surface area (Å²) < 4.78 is 7.47. The summed E-state index contributed by atoms with van der Waals surface area (Å²) in [6.45, 7) is 6.07. The fourth-order valence-electron chi connectivity index (χ4n) is 3.86. The number of rotatable bonds is 5. The Morgan fingerprint density at radius 1 is 1.07 bits per heavy atom. The van der Waals surface area contributed by atoms with E-state index in [-0.39, 0.29) is 5.91 Å². The van der Waals surface area contributed by atoms with Crippen molar-refractivity contribution in [1.29, 1.82) is 0 Å². The van der Waals surface area contributed by atoms with Gasteiger partial charge in [-0.1, -0.05) is 24.3 Å². The summed E-state index contributed by atoms with van der Waals surface area (Å²) in [4.78, 5) is 21.8. The highest BCUT2D eigenvalue weighted by atomic mass is 16.5. The Bertz CT molecular complexity index is 974. The Labute approximate surface area is 165 Å². The van der Waals surface area contributed by atoms with E-state index in [4.69, 9.17) is 4.74 Å². The molecule has 1 aromatic carbocycles. The number of fused-ring (bicyclic) bond motifs is 1. The summed E-state index contributed by atoms with van der Waals surface area (Å²) in [7, 11) is 1.71. The molecule has 1 aliphatic heterocycles. The van der Waals surface area contributed by atoms with Gasteiger partial charge in [-0.05, 0) is 25.1 Å². The molecule has 1 saturated heterocycles. The van der Waals surface area contributed by atoms with Gasteiger partial charge in [0.05, 0.1) is 24.9 Å². The van der Waals surface area contributed by atoms with Crippen LogP contribution in [0.1, 0.15) is 17.0 Å². The molecule has 28 heavy (non-hydrogen) atoms. The molecule has 0 spiro atoms. The van der Waals surface area contributed by atoms with Crippen LogP contribution in [0.25, 0.3) is 5.65 Å².